The average Bonchev–Trinajstić information content (AvgIpc) is 2.52. The third-order valence-electron chi connectivity index (χ3n) is 4.48. The summed E-state index contributed by atoms with van der Waals surface area (Å²) in [5.74, 6) is 0.704. The highest BCUT2D eigenvalue weighted by Gasteiger charge is 2.48. The first-order valence-electron chi connectivity index (χ1n) is 7.16. The van der Waals surface area contributed by atoms with Gasteiger partial charge in [-0.25, -0.2) is 0 Å². The molecule has 104 valence electrons. The molecule has 0 spiro atoms. The number of likely N-dealkylation sites (tertiary alicyclic amines) is 1. The van der Waals surface area contributed by atoms with Crippen molar-refractivity contribution in [2.75, 3.05) is 5.88 Å². The summed E-state index contributed by atoms with van der Waals surface area (Å²) in [6.07, 6.45) is 1.13. The minimum absolute atomic E-state index is 0.108. The standard InChI is InChI=1S/C18H20ClN/c1-18(16-10-6-3-7-11-16)12-17(13-19)20(18)14-15-8-4-2-5-9-15/h2-11,17H,12-14H2,1H3. The molecule has 0 aromatic heterocycles. The molecule has 2 atom stereocenters. The zero-order chi connectivity index (χ0) is 14.0. The van der Waals surface area contributed by atoms with Crippen molar-refractivity contribution in [1.29, 1.82) is 0 Å². The van der Waals surface area contributed by atoms with Crippen LogP contribution in [0, 0.1) is 0 Å². The zero-order valence-electron chi connectivity index (χ0n) is 11.8. The number of hydrogen-bond acceptors (Lipinski definition) is 1. The Morgan fingerprint density at radius 2 is 1.65 bits per heavy atom. The highest BCUT2D eigenvalue weighted by molar-refractivity contribution is 6.18. The van der Waals surface area contributed by atoms with E-state index in [-0.39, 0.29) is 5.54 Å². The predicted molar refractivity (Wildman–Crippen MR) is 84.9 cm³/mol. The van der Waals surface area contributed by atoms with Crippen molar-refractivity contribution in [2.45, 2.75) is 31.5 Å². The molecular formula is C18H20ClN. The van der Waals surface area contributed by atoms with Gasteiger partial charge in [-0.05, 0) is 24.5 Å². The van der Waals surface area contributed by atoms with Crippen molar-refractivity contribution in [3.05, 3.63) is 71.8 Å². The Labute approximate surface area is 126 Å². The lowest BCUT2D eigenvalue weighted by Gasteiger charge is -2.57. The Hall–Kier alpha value is -1.31. The van der Waals surface area contributed by atoms with Gasteiger partial charge in [-0.2, -0.15) is 0 Å². The smallest absolute Gasteiger partial charge is 0.0454 e. The molecule has 1 aliphatic heterocycles. The molecule has 2 unspecified atom stereocenters. The highest BCUT2D eigenvalue weighted by atomic mass is 35.5. The van der Waals surface area contributed by atoms with Crippen LogP contribution >= 0.6 is 11.6 Å². The summed E-state index contributed by atoms with van der Waals surface area (Å²) in [6.45, 7) is 3.29. The van der Waals surface area contributed by atoms with Crippen molar-refractivity contribution in [2.24, 2.45) is 0 Å². The minimum atomic E-state index is 0.108. The van der Waals surface area contributed by atoms with Crippen LogP contribution in [0.5, 0.6) is 0 Å². The van der Waals surface area contributed by atoms with Crippen LogP contribution < -0.4 is 0 Å². The van der Waals surface area contributed by atoms with E-state index in [1.54, 1.807) is 0 Å². The van der Waals surface area contributed by atoms with E-state index in [9.17, 15) is 0 Å². The molecule has 3 rings (SSSR count). The van der Waals surface area contributed by atoms with Crippen LogP contribution in [0.1, 0.15) is 24.5 Å². The Morgan fingerprint density at radius 3 is 2.25 bits per heavy atom. The third-order valence-corrected chi connectivity index (χ3v) is 4.83. The van der Waals surface area contributed by atoms with Crippen LogP contribution in [0.15, 0.2) is 60.7 Å². The van der Waals surface area contributed by atoms with Crippen LogP contribution in [-0.2, 0) is 12.1 Å². The van der Waals surface area contributed by atoms with Gasteiger partial charge in [0.15, 0.2) is 0 Å². The minimum Gasteiger partial charge on any atom is -0.285 e. The molecule has 0 aliphatic carbocycles. The lowest BCUT2D eigenvalue weighted by Crippen LogP contribution is -2.62. The monoisotopic (exact) mass is 285 g/mol. The normalized spacial score (nSPS) is 26.2. The zero-order valence-corrected chi connectivity index (χ0v) is 12.6. The molecule has 0 saturated carbocycles. The molecule has 1 fully saturated rings. The highest BCUT2D eigenvalue weighted by Crippen LogP contribution is 2.45. The van der Waals surface area contributed by atoms with Crippen LogP contribution in [-0.4, -0.2) is 16.8 Å². The summed E-state index contributed by atoms with van der Waals surface area (Å²) < 4.78 is 0. The number of rotatable bonds is 4. The molecule has 2 heteroatoms. The van der Waals surface area contributed by atoms with Gasteiger partial charge < -0.3 is 0 Å². The van der Waals surface area contributed by atoms with Crippen molar-refractivity contribution < 1.29 is 0 Å². The van der Waals surface area contributed by atoms with Gasteiger partial charge in [0, 0.05) is 24.0 Å². The lowest BCUT2D eigenvalue weighted by molar-refractivity contribution is -0.0642. The number of halogens is 1. The van der Waals surface area contributed by atoms with Crippen LogP contribution in [0.2, 0.25) is 0 Å². The van der Waals surface area contributed by atoms with E-state index in [1.165, 1.54) is 11.1 Å². The second kappa shape index (κ2) is 5.59. The van der Waals surface area contributed by atoms with Crippen LogP contribution in [0.4, 0.5) is 0 Å². The fraction of sp³-hybridized carbons (Fsp3) is 0.333. The molecule has 2 aromatic carbocycles. The molecule has 20 heavy (non-hydrogen) atoms. The second-order valence-electron chi connectivity index (χ2n) is 5.77. The molecule has 0 amide bonds. The van der Waals surface area contributed by atoms with Gasteiger partial charge >= 0.3 is 0 Å². The quantitative estimate of drug-likeness (QED) is 0.752. The van der Waals surface area contributed by atoms with E-state index in [4.69, 9.17) is 11.6 Å². The molecule has 1 nitrogen and oxygen atoms in total. The molecular weight excluding hydrogens is 266 g/mol. The summed E-state index contributed by atoms with van der Waals surface area (Å²) in [5, 5.41) is 0. The van der Waals surface area contributed by atoms with Gasteiger partial charge in [-0.1, -0.05) is 60.7 Å². The molecule has 0 radical (unpaired) electrons. The van der Waals surface area contributed by atoms with Crippen LogP contribution in [0.3, 0.4) is 0 Å². The lowest BCUT2D eigenvalue weighted by atomic mass is 9.75. The Balaban J connectivity index is 1.85. The third kappa shape index (κ3) is 2.36. The molecule has 1 aliphatic rings. The summed E-state index contributed by atoms with van der Waals surface area (Å²) in [4.78, 5) is 2.53. The van der Waals surface area contributed by atoms with Crippen LogP contribution in [0.25, 0.3) is 0 Å². The number of nitrogens with zero attached hydrogens (tertiary/aromatic N) is 1. The maximum atomic E-state index is 6.14. The number of hydrogen-bond donors (Lipinski definition) is 0. The molecule has 1 heterocycles. The first-order chi connectivity index (χ1) is 9.74. The Kier molecular flexibility index (Phi) is 3.82. The Bertz CT molecular complexity index is 554. The van der Waals surface area contributed by atoms with Gasteiger partial charge in [-0.3, -0.25) is 4.90 Å². The number of benzene rings is 2. The van der Waals surface area contributed by atoms with Crippen molar-refractivity contribution in [3.63, 3.8) is 0 Å². The van der Waals surface area contributed by atoms with E-state index in [2.05, 4.69) is 72.5 Å². The molecule has 2 aromatic rings. The molecule has 1 saturated heterocycles. The summed E-state index contributed by atoms with van der Waals surface area (Å²) in [5.41, 5.74) is 2.85. The largest absolute Gasteiger partial charge is 0.285 e. The van der Waals surface area contributed by atoms with Gasteiger partial charge in [0.2, 0.25) is 0 Å². The SMILES string of the molecule is CC1(c2ccccc2)CC(CCl)N1Cc1ccccc1. The van der Waals surface area contributed by atoms with E-state index in [0.717, 1.165) is 13.0 Å². The van der Waals surface area contributed by atoms with Crippen molar-refractivity contribution >= 4 is 11.6 Å². The fourth-order valence-electron chi connectivity index (χ4n) is 3.28. The topological polar surface area (TPSA) is 3.24 Å². The van der Waals surface area contributed by atoms with Gasteiger partial charge in [-0.15, -0.1) is 11.6 Å². The second-order valence-corrected chi connectivity index (χ2v) is 6.07. The van der Waals surface area contributed by atoms with E-state index < -0.39 is 0 Å². The van der Waals surface area contributed by atoms with Gasteiger partial charge in [0.05, 0.1) is 0 Å². The van der Waals surface area contributed by atoms with Gasteiger partial charge in [0.1, 0.15) is 0 Å². The van der Waals surface area contributed by atoms with E-state index in [0.29, 0.717) is 11.9 Å². The van der Waals surface area contributed by atoms with E-state index >= 15 is 0 Å². The maximum absolute atomic E-state index is 6.14. The van der Waals surface area contributed by atoms with Crippen molar-refractivity contribution in [1.82, 2.24) is 4.90 Å². The van der Waals surface area contributed by atoms with Crippen molar-refractivity contribution in [3.8, 4) is 0 Å². The van der Waals surface area contributed by atoms with E-state index in [1.807, 2.05) is 0 Å². The van der Waals surface area contributed by atoms with Gasteiger partial charge in [0.25, 0.3) is 0 Å². The first-order valence-corrected chi connectivity index (χ1v) is 7.69. The Morgan fingerprint density at radius 1 is 1.05 bits per heavy atom. The predicted octanol–water partition coefficient (Wildman–Crippen LogP) is 4.42. The first kappa shape index (κ1) is 13.7. The molecule has 0 bridgehead atoms. The summed E-state index contributed by atoms with van der Waals surface area (Å²) in [7, 11) is 0. The molecule has 0 N–H and O–H groups in total. The number of alkyl halides is 1. The summed E-state index contributed by atoms with van der Waals surface area (Å²) in [6, 6.07) is 21.9. The maximum Gasteiger partial charge on any atom is 0.0454 e. The average molecular weight is 286 g/mol. The summed E-state index contributed by atoms with van der Waals surface area (Å²) >= 11 is 6.14. The fourth-order valence-corrected chi connectivity index (χ4v) is 3.55.